The standard InChI is InChI=1S/C19H22N2O2S/c1-22-15-10-11-18(23-2)16(13-15)17-9-6-12-21(17)19(24)20-14-7-4-3-5-8-14/h3-5,7-8,10-11,13,17H,6,9,12H2,1-2H3,(H,20,24)/t17-/m0/s1. The van der Waals surface area contributed by atoms with Crippen molar-refractivity contribution in [1.82, 2.24) is 4.90 Å². The number of ether oxygens (including phenoxy) is 2. The zero-order valence-corrected chi connectivity index (χ0v) is 14.8. The second kappa shape index (κ2) is 7.53. The van der Waals surface area contributed by atoms with Crippen LogP contribution in [0, 0.1) is 0 Å². The first-order valence-electron chi connectivity index (χ1n) is 8.07. The molecule has 3 rings (SSSR count). The van der Waals surface area contributed by atoms with E-state index >= 15 is 0 Å². The summed E-state index contributed by atoms with van der Waals surface area (Å²) in [5.74, 6) is 1.70. The van der Waals surface area contributed by atoms with Crippen molar-refractivity contribution in [2.45, 2.75) is 18.9 Å². The minimum Gasteiger partial charge on any atom is -0.497 e. The summed E-state index contributed by atoms with van der Waals surface area (Å²) in [6.45, 7) is 0.934. The number of benzene rings is 2. The molecular weight excluding hydrogens is 320 g/mol. The summed E-state index contributed by atoms with van der Waals surface area (Å²) in [6, 6.07) is 16.1. The summed E-state index contributed by atoms with van der Waals surface area (Å²) in [5, 5.41) is 4.08. The molecule has 0 saturated carbocycles. The molecule has 5 heteroatoms. The van der Waals surface area contributed by atoms with Gasteiger partial charge in [-0.25, -0.2) is 0 Å². The van der Waals surface area contributed by atoms with Crippen LogP contribution in [0.4, 0.5) is 5.69 Å². The van der Waals surface area contributed by atoms with Crippen molar-refractivity contribution in [2.75, 3.05) is 26.1 Å². The third-order valence-electron chi connectivity index (χ3n) is 4.33. The third kappa shape index (κ3) is 3.46. The van der Waals surface area contributed by atoms with Crippen LogP contribution in [0.25, 0.3) is 0 Å². The van der Waals surface area contributed by atoms with Gasteiger partial charge in [0.25, 0.3) is 0 Å². The van der Waals surface area contributed by atoms with Crippen LogP contribution in [0.3, 0.4) is 0 Å². The van der Waals surface area contributed by atoms with E-state index in [-0.39, 0.29) is 6.04 Å². The van der Waals surface area contributed by atoms with Crippen molar-refractivity contribution in [1.29, 1.82) is 0 Å². The average molecular weight is 342 g/mol. The maximum atomic E-state index is 5.66. The fraction of sp³-hybridized carbons (Fsp3) is 0.316. The van der Waals surface area contributed by atoms with E-state index in [0.717, 1.165) is 47.2 Å². The van der Waals surface area contributed by atoms with Gasteiger partial charge in [0.2, 0.25) is 0 Å². The highest BCUT2D eigenvalue weighted by Gasteiger charge is 2.30. The molecule has 0 aliphatic carbocycles. The summed E-state index contributed by atoms with van der Waals surface area (Å²) in [4.78, 5) is 2.24. The fourth-order valence-electron chi connectivity index (χ4n) is 3.15. The van der Waals surface area contributed by atoms with Crippen LogP contribution in [-0.4, -0.2) is 30.8 Å². The minimum absolute atomic E-state index is 0.193. The topological polar surface area (TPSA) is 33.7 Å². The van der Waals surface area contributed by atoms with Gasteiger partial charge in [-0.1, -0.05) is 18.2 Å². The fourth-order valence-corrected chi connectivity index (χ4v) is 3.49. The van der Waals surface area contributed by atoms with Gasteiger partial charge >= 0.3 is 0 Å². The first kappa shape index (κ1) is 16.6. The Balaban J connectivity index is 1.84. The molecule has 0 amide bonds. The number of methoxy groups -OCH3 is 2. The molecule has 1 heterocycles. The van der Waals surface area contributed by atoms with Crippen LogP contribution in [-0.2, 0) is 0 Å². The number of hydrogen-bond acceptors (Lipinski definition) is 3. The quantitative estimate of drug-likeness (QED) is 0.841. The number of likely N-dealkylation sites (tertiary alicyclic amines) is 1. The van der Waals surface area contributed by atoms with E-state index in [4.69, 9.17) is 21.7 Å². The van der Waals surface area contributed by atoms with Crippen LogP contribution in [0.2, 0.25) is 0 Å². The van der Waals surface area contributed by atoms with Crippen molar-refractivity contribution in [3.63, 3.8) is 0 Å². The van der Waals surface area contributed by atoms with Gasteiger partial charge in [-0.05, 0) is 55.4 Å². The van der Waals surface area contributed by atoms with Crippen LogP contribution in [0.1, 0.15) is 24.4 Å². The molecule has 1 aliphatic heterocycles. The lowest BCUT2D eigenvalue weighted by molar-refractivity contribution is 0.362. The van der Waals surface area contributed by atoms with Crippen LogP contribution in [0.5, 0.6) is 11.5 Å². The lowest BCUT2D eigenvalue weighted by Gasteiger charge is -2.29. The van der Waals surface area contributed by atoms with Crippen LogP contribution >= 0.6 is 12.2 Å². The number of hydrogen-bond donors (Lipinski definition) is 1. The number of anilines is 1. The van der Waals surface area contributed by atoms with E-state index in [0.29, 0.717) is 0 Å². The SMILES string of the molecule is COc1ccc(OC)c([C@@H]2CCCN2C(=S)Nc2ccccc2)c1. The lowest BCUT2D eigenvalue weighted by atomic mass is 10.0. The van der Waals surface area contributed by atoms with Gasteiger partial charge in [0.15, 0.2) is 5.11 Å². The molecule has 0 radical (unpaired) electrons. The molecule has 0 aromatic heterocycles. The number of nitrogens with one attached hydrogen (secondary N) is 1. The van der Waals surface area contributed by atoms with Gasteiger partial charge in [-0.3, -0.25) is 0 Å². The molecule has 1 fully saturated rings. The zero-order valence-electron chi connectivity index (χ0n) is 14.0. The van der Waals surface area contributed by atoms with Gasteiger partial charge in [-0.2, -0.15) is 0 Å². The largest absolute Gasteiger partial charge is 0.497 e. The first-order chi connectivity index (χ1) is 11.7. The highest BCUT2D eigenvalue weighted by atomic mass is 32.1. The van der Waals surface area contributed by atoms with Gasteiger partial charge in [0.1, 0.15) is 11.5 Å². The highest BCUT2D eigenvalue weighted by molar-refractivity contribution is 7.80. The van der Waals surface area contributed by atoms with E-state index in [9.17, 15) is 0 Å². The first-order valence-corrected chi connectivity index (χ1v) is 8.48. The summed E-state index contributed by atoms with van der Waals surface area (Å²) >= 11 is 5.66. The van der Waals surface area contributed by atoms with Gasteiger partial charge < -0.3 is 19.7 Å². The maximum Gasteiger partial charge on any atom is 0.173 e. The number of thiocarbonyl (C=S) groups is 1. The maximum absolute atomic E-state index is 5.66. The predicted octanol–water partition coefficient (Wildman–Crippen LogP) is 4.24. The lowest BCUT2D eigenvalue weighted by Crippen LogP contribution is -2.34. The van der Waals surface area contributed by atoms with Crippen molar-refractivity contribution in [3.05, 3.63) is 54.1 Å². The Morgan fingerprint density at radius 2 is 1.92 bits per heavy atom. The Kier molecular flexibility index (Phi) is 5.20. The number of para-hydroxylation sites is 1. The zero-order chi connectivity index (χ0) is 16.9. The number of nitrogens with zero attached hydrogens (tertiary/aromatic N) is 1. The molecule has 1 aliphatic rings. The Morgan fingerprint density at radius 1 is 1.12 bits per heavy atom. The van der Waals surface area contributed by atoms with E-state index in [2.05, 4.69) is 10.2 Å². The second-order valence-electron chi connectivity index (χ2n) is 5.76. The van der Waals surface area contributed by atoms with Crippen molar-refractivity contribution < 1.29 is 9.47 Å². The monoisotopic (exact) mass is 342 g/mol. The van der Waals surface area contributed by atoms with Gasteiger partial charge in [0.05, 0.1) is 20.3 Å². The molecule has 0 bridgehead atoms. The van der Waals surface area contributed by atoms with Crippen LogP contribution in [0.15, 0.2) is 48.5 Å². The molecular formula is C19H22N2O2S. The number of rotatable bonds is 4. The Bertz CT molecular complexity index is 706. The minimum atomic E-state index is 0.193. The van der Waals surface area contributed by atoms with Gasteiger partial charge in [-0.15, -0.1) is 0 Å². The van der Waals surface area contributed by atoms with E-state index in [1.54, 1.807) is 14.2 Å². The predicted molar refractivity (Wildman–Crippen MR) is 101 cm³/mol. The Morgan fingerprint density at radius 3 is 2.62 bits per heavy atom. The van der Waals surface area contributed by atoms with Crippen LogP contribution < -0.4 is 14.8 Å². The summed E-state index contributed by atoms with van der Waals surface area (Å²) in [5.41, 5.74) is 2.12. The molecule has 1 atom stereocenters. The van der Waals surface area contributed by atoms with Gasteiger partial charge in [0, 0.05) is 17.8 Å². The molecule has 0 unspecified atom stereocenters. The highest BCUT2D eigenvalue weighted by Crippen LogP contribution is 2.39. The molecule has 24 heavy (non-hydrogen) atoms. The van der Waals surface area contributed by atoms with E-state index in [1.807, 2.05) is 48.5 Å². The van der Waals surface area contributed by atoms with E-state index < -0.39 is 0 Å². The second-order valence-corrected chi connectivity index (χ2v) is 6.14. The summed E-state index contributed by atoms with van der Waals surface area (Å²) < 4.78 is 10.9. The molecule has 2 aromatic rings. The molecule has 4 nitrogen and oxygen atoms in total. The van der Waals surface area contributed by atoms with E-state index in [1.165, 1.54) is 0 Å². The Labute approximate surface area is 148 Å². The smallest absolute Gasteiger partial charge is 0.173 e. The van der Waals surface area contributed by atoms with Crippen molar-refractivity contribution in [2.24, 2.45) is 0 Å². The molecule has 0 spiro atoms. The summed E-state index contributed by atoms with van der Waals surface area (Å²) in [7, 11) is 3.38. The Hall–Kier alpha value is -2.27. The molecule has 1 N–H and O–H groups in total. The van der Waals surface area contributed by atoms with Crippen molar-refractivity contribution >= 4 is 23.0 Å². The normalized spacial score (nSPS) is 16.8. The van der Waals surface area contributed by atoms with Crippen molar-refractivity contribution in [3.8, 4) is 11.5 Å². The molecule has 126 valence electrons. The third-order valence-corrected chi connectivity index (χ3v) is 4.67. The molecule has 2 aromatic carbocycles. The average Bonchev–Trinajstić information content (AvgIpc) is 3.11. The summed E-state index contributed by atoms with van der Waals surface area (Å²) in [6.07, 6.45) is 2.14. The molecule has 1 saturated heterocycles.